The van der Waals surface area contributed by atoms with Crippen molar-refractivity contribution in [3.05, 3.63) is 100 Å². The Hall–Kier alpha value is -3.67. The molecule has 0 fully saturated rings. The molecule has 1 amide bonds. The van der Waals surface area contributed by atoms with Crippen LogP contribution >= 0.6 is 0 Å². The zero-order valence-electron chi connectivity index (χ0n) is 13.7. The topological polar surface area (TPSA) is 88.0 Å². The Morgan fingerprint density at radius 2 is 1.77 bits per heavy atom. The van der Waals surface area contributed by atoms with Gasteiger partial charge in [-0.2, -0.15) is 5.10 Å². The van der Waals surface area contributed by atoms with Crippen LogP contribution in [-0.4, -0.2) is 16.1 Å². The highest BCUT2D eigenvalue weighted by molar-refractivity contribution is 5.95. The average molecular weight is 345 g/mol. The molecule has 2 aromatic heterocycles. The van der Waals surface area contributed by atoms with Gasteiger partial charge in [-0.3, -0.25) is 14.7 Å². The number of hydrogen-bond acceptors (Lipinski definition) is 4. The van der Waals surface area contributed by atoms with E-state index in [0.29, 0.717) is 16.7 Å². The quantitative estimate of drug-likeness (QED) is 0.595. The molecule has 2 N–H and O–H groups in total. The number of fused-ring (bicyclic) bond motifs is 1. The number of rotatable bonds is 4. The molecule has 6 nitrogen and oxygen atoms in total. The van der Waals surface area contributed by atoms with Crippen molar-refractivity contribution in [2.75, 3.05) is 0 Å². The summed E-state index contributed by atoms with van der Waals surface area (Å²) in [6.07, 6.45) is 1.54. The molecule has 0 bridgehead atoms. The zero-order valence-corrected chi connectivity index (χ0v) is 13.7. The van der Waals surface area contributed by atoms with E-state index in [1.807, 2.05) is 30.3 Å². The van der Waals surface area contributed by atoms with Gasteiger partial charge < -0.3 is 9.73 Å². The van der Waals surface area contributed by atoms with Crippen molar-refractivity contribution < 1.29 is 9.21 Å². The van der Waals surface area contributed by atoms with Gasteiger partial charge in [-0.15, -0.1) is 0 Å². The SMILES string of the molecule is O=C(N[C@H](c1ccccc1)c1ccco1)c1n[nH]c2ccccc2c1=O. The Kier molecular flexibility index (Phi) is 4.07. The Morgan fingerprint density at radius 1 is 1.00 bits per heavy atom. The van der Waals surface area contributed by atoms with Crippen molar-refractivity contribution in [1.82, 2.24) is 15.5 Å². The van der Waals surface area contributed by atoms with Crippen LogP contribution < -0.4 is 10.7 Å². The summed E-state index contributed by atoms with van der Waals surface area (Å²) in [5, 5.41) is 9.97. The summed E-state index contributed by atoms with van der Waals surface area (Å²) in [5.41, 5.74) is 0.826. The summed E-state index contributed by atoms with van der Waals surface area (Å²) in [7, 11) is 0. The minimum atomic E-state index is -0.567. The number of nitrogens with one attached hydrogen (secondary N) is 2. The van der Waals surface area contributed by atoms with Gasteiger partial charge in [0.25, 0.3) is 5.91 Å². The minimum Gasteiger partial charge on any atom is -0.467 e. The number of hydrogen-bond donors (Lipinski definition) is 2. The highest BCUT2D eigenvalue weighted by Gasteiger charge is 2.23. The fourth-order valence-electron chi connectivity index (χ4n) is 2.85. The molecule has 0 spiro atoms. The lowest BCUT2D eigenvalue weighted by Gasteiger charge is -2.16. The van der Waals surface area contributed by atoms with Gasteiger partial charge in [0, 0.05) is 5.39 Å². The van der Waals surface area contributed by atoms with Crippen LogP contribution in [0.25, 0.3) is 10.9 Å². The van der Waals surface area contributed by atoms with E-state index in [4.69, 9.17) is 4.42 Å². The van der Waals surface area contributed by atoms with Gasteiger partial charge in [0.1, 0.15) is 11.8 Å². The molecule has 26 heavy (non-hydrogen) atoms. The summed E-state index contributed by atoms with van der Waals surface area (Å²) in [4.78, 5) is 25.4. The van der Waals surface area contributed by atoms with Crippen LogP contribution in [0.2, 0.25) is 0 Å². The summed E-state index contributed by atoms with van der Waals surface area (Å²) in [6.45, 7) is 0. The Labute approximate surface area is 148 Å². The lowest BCUT2D eigenvalue weighted by Crippen LogP contribution is -2.34. The fourth-order valence-corrected chi connectivity index (χ4v) is 2.85. The molecule has 0 saturated heterocycles. The van der Waals surface area contributed by atoms with Crippen LogP contribution in [-0.2, 0) is 0 Å². The molecule has 6 heteroatoms. The first-order valence-corrected chi connectivity index (χ1v) is 8.10. The third-order valence-corrected chi connectivity index (χ3v) is 4.13. The first kappa shape index (κ1) is 15.8. The van der Waals surface area contributed by atoms with Crippen LogP contribution in [0.5, 0.6) is 0 Å². The molecule has 0 aliphatic heterocycles. The number of nitrogens with zero attached hydrogens (tertiary/aromatic N) is 1. The molecule has 128 valence electrons. The number of aromatic nitrogens is 2. The predicted molar refractivity (Wildman–Crippen MR) is 96.8 cm³/mol. The highest BCUT2D eigenvalue weighted by atomic mass is 16.3. The second kappa shape index (κ2) is 6.68. The molecule has 2 heterocycles. The number of H-pyrrole nitrogens is 1. The third kappa shape index (κ3) is 2.88. The summed E-state index contributed by atoms with van der Waals surface area (Å²) < 4.78 is 5.47. The van der Waals surface area contributed by atoms with Crippen LogP contribution in [0, 0.1) is 0 Å². The van der Waals surface area contributed by atoms with Crippen LogP contribution in [0.4, 0.5) is 0 Å². The standard InChI is InChI=1S/C20H15N3O3/c24-19-14-9-4-5-10-15(14)22-23-18(19)20(25)21-17(16-11-6-12-26-16)13-7-2-1-3-8-13/h1-12,17H,(H,21,25)(H,22,24)/t17-/m1/s1. The van der Waals surface area contributed by atoms with E-state index in [-0.39, 0.29) is 5.69 Å². The van der Waals surface area contributed by atoms with E-state index >= 15 is 0 Å². The molecule has 0 unspecified atom stereocenters. The van der Waals surface area contributed by atoms with Crippen molar-refractivity contribution in [2.45, 2.75) is 6.04 Å². The van der Waals surface area contributed by atoms with Gasteiger partial charge in [0.05, 0.1) is 11.8 Å². The monoisotopic (exact) mass is 345 g/mol. The summed E-state index contributed by atoms with van der Waals surface area (Å²) in [6, 6.07) is 19.3. The van der Waals surface area contributed by atoms with Crippen molar-refractivity contribution in [3.63, 3.8) is 0 Å². The summed E-state index contributed by atoms with van der Waals surface area (Å²) in [5.74, 6) is 0.00373. The van der Waals surface area contributed by atoms with E-state index < -0.39 is 17.4 Å². The highest BCUT2D eigenvalue weighted by Crippen LogP contribution is 2.22. The lowest BCUT2D eigenvalue weighted by atomic mass is 10.0. The maximum absolute atomic E-state index is 12.8. The third-order valence-electron chi connectivity index (χ3n) is 4.13. The van der Waals surface area contributed by atoms with Crippen LogP contribution in [0.15, 0.2) is 82.2 Å². The maximum atomic E-state index is 12.8. The molecule has 4 rings (SSSR count). The lowest BCUT2D eigenvalue weighted by molar-refractivity contribution is 0.0932. The molecule has 0 radical (unpaired) electrons. The fraction of sp³-hybridized carbons (Fsp3) is 0.0500. The maximum Gasteiger partial charge on any atom is 0.276 e. The van der Waals surface area contributed by atoms with Gasteiger partial charge in [0.2, 0.25) is 5.43 Å². The van der Waals surface area contributed by atoms with Gasteiger partial charge in [-0.25, -0.2) is 0 Å². The molecule has 4 aromatic rings. The Balaban J connectivity index is 1.72. The molecular formula is C20H15N3O3. The number of carbonyl (C=O) groups is 1. The Bertz CT molecular complexity index is 1100. The molecule has 0 aliphatic rings. The average Bonchev–Trinajstić information content (AvgIpc) is 3.21. The number of aromatic amines is 1. The molecule has 0 saturated carbocycles. The van der Waals surface area contributed by atoms with E-state index in [0.717, 1.165) is 5.56 Å². The largest absolute Gasteiger partial charge is 0.467 e. The van der Waals surface area contributed by atoms with Crippen LogP contribution in [0.1, 0.15) is 27.9 Å². The second-order valence-electron chi connectivity index (χ2n) is 5.78. The van der Waals surface area contributed by atoms with Crippen molar-refractivity contribution in [1.29, 1.82) is 0 Å². The number of benzene rings is 2. The Morgan fingerprint density at radius 3 is 2.54 bits per heavy atom. The van der Waals surface area contributed by atoms with Gasteiger partial charge in [-0.05, 0) is 29.8 Å². The van der Waals surface area contributed by atoms with Gasteiger partial charge in [-0.1, -0.05) is 42.5 Å². The van der Waals surface area contributed by atoms with Gasteiger partial charge >= 0.3 is 0 Å². The predicted octanol–water partition coefficient (Wildman–Crippen LogP) is 3.04. The summed E-state index contributed by atoms with van der Waals surface area (Å²) >= 11 is 0. The van der Waals surface area contributed by atoms with E-state index in [9.17, 15) is 9.59 Å². The van der Waals surface area contributed by atoms with E-state index in [1.54, 1.807) is 42.7 Å². The van der Waals surface area contributed by atoms with E-state index in [2.05, 4.69) is 15.5 Å². The zero-order chi connectivity index (χ0) is 17.9. The number of furan rings is 1. The number of para-hydroxylation sites is 1. The number of carbonyl (C=O) groups excluding carboxylic acids is 1. The first-order valence-electron chi connectivity index (χ1n) is 8.10. The molecule has 1 atom stereocenters. The molecule has 0 aliphatic carbocycles. The van der Waals surface area contributed by atoms with Gasteiger partial charge in [0.15, 0.2) is 5.69 Å². The molecular weight excluding hydrogens is 330 g/mol. The van der Waals surface area contributed by atoms with E-state index in [1.165, 1.54) is 0 Å². The van der Waals surface area contributed by atoms with Crippen molar-refractivity contribution in [2.24, 2.45) is 0 Å². The normalized spacial score (nSPS) is 12.0. The minimum absolute atomic E-state index is 0.184. The van der Waals surface area contributed by atoms with Crippen LogP contribution in [0.3, 0.4) is 0 Å². The first-order chi connectivity index (χ1) is 12.7. The van der Waals surface area contributed by atoms with Crippen molar-refractivity contribution in [3.8, 4) is 0 Å². The second-order valence-corrected chi connectivity index (χ2v) is 5.78. The smallest absolute Gasteiger partial charge is 0.276 e. The van der Waals surface area contributed by atoms with Crippen molar-refractivity contribution >= 4 is 16.8 Å². The molecule has 2 aromatic carbocycles. The number of amides is 1.